The predicted octanol–water partition coefficient (Wildman–Crippen LogP) is 3.04. The number of carbonyl (C=O) groups is 1. The van der Waals surface area contributed by atoms with Crippen molar-refractivity contribution in [3.63, 3.8) is 0 Å². The van der Waals surface area contributed by atoms with Crippen molar-refractivity contribution in [3.8, 4) is 5.75 Å². The van der Waals surface area contributed by atoms with Crippen LogP contribution in [0.25, 0.3) is 0 Å². The summed E-state index contributed by atoms with van der Waals surface area (Å²) in [5.41, 5.74) is 0.662. The summed E-state index contributed by atoms with van der Waals surface area (Å²) >= 11 is 0. The fraction of sp³-hybridized carbons (Fsp3) is 0.474. The normalized spacial score (nSPS) is 16.8. The van der Waals surface area contributed by atoms with Crippen LogP contribution in [0.4, 0.5) is 10.5 Å². The molecule has 0 aliphatic carbocycles. The minimum Gasteiger partial charge on any atom is -0.489 e. The van der Waals surface area contributed by atoms with E-state index in [0.717, 1.165) is 32.4 Å². The second kappa shape index (κ2) is 9.82. The lowest BCUT2D eigenvalue weighted by Gasteiger charge is -2.23. The van der Waals surface area contributed by atoms with Crippen molar-refractivity contribution in [1.29, 1.82) is 0 Å². The van der Waals surface area contributed by atoms with Gasteiger partial charge in [0.05, 0.1) is 18.1 Å². The second-order valence-corrected chi connectivity index (χ2v) is 6.33. The Kier molecular flexibility index (Phi) is 6.89. The van der Waals surface area contributed by atoms with Crippen LogP contribution < -0.4 is 15.4 Å². The minimum absolute atomic E-state index is 0.133. The van der Waals surface area contributed by atoms with Gasteiger partial charge in [-0.2, -0.15) is 0 Å². The first-order chi connectivity index (χ1) is 12.8. The molecular formula is C19H26N4O3. The van der Waals surface area contributed by atoms with Crippen molar-refractivity contribution >= 4 is 11.7 Å². The summed E-state index contributed by atoms with van der Waals surface area (Å²) in [5.74, 6) is 0.662. The fourth-order valence-corrected chi connectivity index (χ4v) is 2.87. The molecule has 2 aromatic rings. The van der Waals surface area contributed by atoms with E-state index >= 15 is 0 Å². The molecule has 0 radical (unpaired) electrons. The summed E-state index contributed by atoms with van der Waals surface area (Å²) in [6.45, 7) is 2.71. The molecule has 1 atom stereocenters. The number of hydrogen-bond donors (Lipinski definition) is 2. The zero-order chi connectivity index (χ0) is 18.0. The number of anilines is 1. The molecule has 7 nitrogen and oxygen atoms in total. The first kappa shape index (κ1) is 18.3. The van der Waals surface area contributed by atoms with Crippen LogP contribution in [-0.2, 0) is 11.3 Å². The van der Waals surface area contributed by atoms with Crippen LogP contribution in [0.15, 0.2) is 43.0 Å². The summed E-state index contributed by atoms with van der Waals surface area (Å²) in [6.07, 6.45) is 9.70. The van der Waals surface area contributed by atoms with E-state index in [1.165, 1.54) is 6.42 Å². The maximum atomic E-state index is 12.1. The molecule has 1 aliphatic rings. The number of hydrogen-bond acceptors (Lipinski definition) is 4. The van der Waals surface area contributed by atoms with Crippen molar-refractivity contribution in [3.05, 3.63) is 43.0 Å². The van der Waals surface area contributed by atoms with E-state index in [0.29, 0.717) is 24.6 Å². The van der Waals surface area contributed by atoms with E-state index in [9.17, 15) is 4.79 Å². The molecule has 2 heterocycles. The Morgan fingerprint density at radius 2 is 2.27 bits per heavy atom. The van der Waals surface area contributed by atoms with Gasteiger partial charge in [-0.25, -0.2) is 9.78 Å². The van der Waals surface area contributed by atoms with Crippen LogP contribution >= 0.6 is 0 Å². The van der Waals surface area contributed by atoms with E-state index in [-0.39, 0.29) is 12.1 Å². The van der Waals surface area contributed by atoms with Crippen LogP contribution in [0, 0.1) is 0 Å². The van der Waals surface area contributed by atoms with Crippen LogP contribution in [0.1, 0.15) is 25.7 Å². The molecule has 1 fully saturated rings. The molecule has 1 saturated heterocycles. The molecule has 2 amide bonds. The Morgan fingerprint density at radius 3 is 3.08 bits per heavy atom. The van der Waals surface area contributed by atoms with Crippen molar-refractivity contribution in [2.75, 3.05) is 25.1 Å². The molecule has 0 bridgehead atoms. The molecule has 1 aliphatic heterocycles. The van der Waals surface area contributed by atoms with E-state index in [1.54, 1.807) is 12.5 Å². The van der Waals surface area contributed by atoms with Crippen molar-refractivity contribution in [2.45, 2.75) is 38.3 Å². The molecule has 0 saturated carbocycles. The van der Waals surface area contributed by atoms with Gasteiger partial charge in [0.1, 0.15) is 12.4 Å². The Bertz CT molecular complexity index is 669. The van der Waals surface area contributed by atoms with Crippen LogP contribution in [0.5, 0.6) is 5.75 Å². The highest BCUT2D eigenvalue weighted by Crippen LogP contribution is 2.24. The van der Waals surface area contributed by atoms with E-state index in [4.69, 9.17) is 9.47 Å². The second-order valence-electron chi connectivity index (χ2n) is 6.33. The lowest BCUT2D eigenvalue weighted by Crippen LogP contribution is -2.30. The fourth-order valence-electron chi connectivity index (χ4n) is 2.87. The molecular weight excluding hydrogens is 332 g/mol. The average Bonchev–Trinajstić information content (AvgIpc) is 3.19. The largest absolute Gasteiger partial charge is 0.489 e. The van der Waals surface area contributed by atoms with Gasteiger partial charge in [-0.05, 0) is 37.8 Å². The highest BCUT2D eigenvalue weighted by atomic mass is 16.5. The molecule has 1 unspecified atom stereocenters. The summed E-state index contributed by atoms with van der Waals surface area (Å²) in [7, 11) is 0. The van der Waals surface area contributed by atoms with Crippen LogP contribution in [0.3, 0.4) is 0 Å². The molecule has 2 N–H and O–H groups in total. The third-order valence-corrected chi connectivity index (χ3v) is 4.27. The van der Waals surface area contributed by atoms with E-state index in [2.05, 4.69) is 15.6 Å². The maximum Gasteiger partial charge on any atom is 0.319 e. The van der Waals surface area contributed by atoms with Crippen molar-refractivity contribution < 1.29 is 14.3 Å². The highest BCUT2D eigenvalue weighted by Gasteiger charge is 2.15. The van der Waals surface area contributed by atoms with Gasteiger partial charge in [-0.1, -0.05) is 12.1 Å². The van der Waals surface area contributed by atoms with Gasteiger partial charge < -0.3 is 24.7 Å². The Balaban J connectivity index is 1.42. The zero-order valence-corrected chi connectivity index (χ0v) is 14.9. The predicted molar refractivity (Wildman–Crippen MR) is 99.4 cm³/mol. The first-order valence-corrected chi connectivity index (χ1v) is 9.15. The SMILES string of the molecule is O=C(NCCCn1ccnc1)Nc1ccccc1OCC1CCCCO1. The molecule has 0 spiro atoms. The first-order valence-electron chi connectivity index (χ1n) is 9.15. The van der Waals surface area contributed by atoms with E-state index in [1.807, 2.05) is 35.0 Å². The van der Waals surface area contributed by atoms with Gasteiger partial charge in [-0.15, -0.1) is 0 Å². The van der Waals surface area contributed by atoms with Crippen LogP contribution in [-0.4, -0.2) is 41.4 Å². The van der Waals surface area contributed by atoms with E-state index < -0.39 is 0 Å². The minimum atomic E-state index is -0.236. The number of ether oxygens (including phenoxy) is 2. The molecule has 1 aromatic carbocycles. The third kappa shape index (κ3) is 5.77. The number of carbonyl (C=O) groups excluding carboxylic acids is 1. The lowest BCUT2D eigenvalue weighted by atomic mass is 10.1. The number of nitrogens with zero attached hydrogens (tertiary/aromatic N) is 2. The number of benzene rings is 1. The Hall–Kier alpha value is -2.54. The number of aromatic nitrogens is 2. The van der Waals surface area contributed by atoms with Crippen molar-refractivity contribution in [2.24, 2.45) is 0 Å². The summed E-state index contributed by atoms with van der Waals surface area (Å²) in [5, 5.41) is 5.72. The summed E-state index contributed by atoms with van der Waals surface area (Å²) < 4.78 is 13.5. The molecule has 26 heavy (non-hydrogen) atoms. The van der Waals surface area contributed by atoms with Gasteiger partial charge in [0, 0.05) is 32.1 Å². The Labute approximate surface area is 153 Å². The molecule has 3 rings (SSSR count). The number of amides is 2. The average molecular weight is 358 g/mol. The maximum absolute atomic E-state index is 12.1. The van der Waals surface area contributed by atoms with Gasteiger partial charge >= 0.3 is 6.03 Å². The monoisotopic (exact) mass is 358 g/mol. The number of para-hydroxylation sites is 2. The number of nitrogens with one attached hydrogen (secondary N) is 2. The smallest absolute Gasteiger partial charge is 0.319 e. The van der Waals surface area contributed by atoms with Gasteiger partial charge in [0.25, 0.3) is 0 Å². The Morgan fingerprint density at radius 1 is 1.35 bits per heavy atom. The van der Waals surface area contributed by atoms with Crippen LogP contribution in [0.2, 0.25) is 0 Å². The summed E-state index contributed by atoms with van der Waals surface area (Å²) in [6, 6.07) is 7.23. The third-order valence-electron chi connectivity index (χ3n) is 4.27. The summed E-state index contributed by atoms with van der Waals surface area (Å²) in [4.78, 5) is 16.1. The number of rotatable bonds is 8. The molecule has 7 heteroatoms. The van der Waals surface area contributed by atoms with Gasteiger partial charge in [0.2, 0.25) is 0 Å². The molecule has 1 aromatic heterocycles. The zero-order valence-electron chi connectivity index (χ0n) is 14.9. The van der Waals surface area contributed by atoms with Gasteiger partial charge in [0.15, 0.2) is 0 Å². The quantitative estimate of drug-likeness (QED) is 0.711. The highest BCUT2D eigenvalue weighted by molar-refractivity contribution is 5.90. The molecule has 140 valence electrons. The number of imidazole rings is 1. The van der Waals surface area contributed by atoms with Gasteiger partial charge in [-0.3, -0.25) is 0 Å². The standard InChI is InChI=1S/C19H26N4O3/c24-19(21-9-5-11-23-12-10-20-15-23)22-17-7-1-2-8-18(17)26-14-16-6-3-4-13-25-16/h1-2,7-8,10,12,15-16H,3-6,9,11,13-14H2,(H2,21,22,24). The topological polar surface area (TPSA) is 77.4 Å². The lowest BCUT2D eigenvalue weighted by molar-refractivity contribution is -0.0109. The van der Waals surface area contributed by atoms with Crippen molar-refractivity contribution in [1.82, 2.24) is 14.9 Å². The number of urea groups is 1. The number of aryl methyl sites for hydroxylation is 1.